The minimum absolute atomic E-state index is 0.0473. The standard InChI is InChI=1S/C18H16ClN3O5/c1-27-16-7-6-14(22(25)26)9-15(16)20-18(24)11-8-17(23)21(10-11)13-4-2-12(19)3-5-13/h2-7,9,11H,8,10H2,1H3,(H,20,24). The van der Waals surface area contributed by atoms with Crippen molar-refractivity contribution in [2.45, 2.75) is 6.42 Å². The van der Waals surface area contributed by atoms with Crippen molar-refractivity contribution < 1.29 is 19.2 Å². The Morgan fingerprint density at radius 3 is 2.63 bits per heavy atom. The van der Waals surface area contributed by atoms with Crippen LogP contribution in [0.3, 0.4) is 0 Å². The smallest absolute Gasteiger partial charge is 0.271 e. The summed E-state index contributed by atoms with van der Waals surface area (Å²) in [5.74, 6) is -0.868. The first-order chi connectivity index (χ1) is 12.9. The fourth-order valence-electron chi connectivity index (χ4n) is 2.90. The fourth-order valence-corrected chi connectivity index (χ4v) is 3.02. The number of carbonyl (C=O) groups is 2. The van der Waals surface area contributed by atoms with Crippen molar-refractivity contribution in [1.82, 2.24) is 0 Å². The molecule has 1 fully saturated rings. The molecule has 0 bridgehead atoms. The first-order valence-electron chi connectivity index (χ1n) is 8.08. The number of benzene rings is 2. The maximum absolute atomic E-state index is 12.6. The fraction of sp³-hybridized carbons (Fsp3) is 0.222. The number of non-ortho nitro benzene ring substituents is 1. The van der Waals surface area contributed by atoms with E-state index in [1.54, 1.807) is 24.3 Å². The number of carbonyl (C=O) groups excluding carboxylic acids is 2. The zero-order chi connectivity index (χ0) is 19.6. The predicted molar refractivity (Wildman–Crippen MR) is 100 cm³/mol. The summed E-state index contributed by atoms with van der Waals surface area (Å²) in [5.41, 5.74) is 0.679. The van der Waals surface area contributed by atoms with Crippen LogP contribution in [0.2, 0.25) is 5.02 Å². The molecular weight excluding hydrogens is 374 g/mol. The molecule has 2 amide bonds. The molecule has 8 nitrogen and oxygen atoms in total. The van der Waals surface area contributed by atoms with Crippen molar-refractivity contribution in [3.8, 4) is 5.75 Å². The predicted octanol–water partition coefficient (Wildman–Crippen LogP) is 3.25. The Labute approximate surface area is 159 Å². The van der Waals surface area contributed by atoms with Gasteiger partial charge in [-0.05, 0) is 30.3 Å². The van der Waals surface area contributed by atoms with Crippen LogP contribution in [-0.2, 0) is 9.59 Å². The van der Waals surface area contributed by atoms with Crippen LogP contribution in [0.15, 0.2) is 42.5 Å². The molecule has 0 aromatic heterocycles. The molecule has 0 radical (unpaired) electrons. The summed E-state index contributed by atoms with van der Waals surface area (Å²) in [6.07, 6.45) is 0.0473. The third kappa shape index (κ3) is 4.01. The Morgan fingerprint density at radius 1 is 1.30 bits per heavy atom. The molecule has 1 N–H and O–H groups in total. The number of nitrogens with one attached hydrogen (secondary N) is 1. The summed E-state index contributed by atoms with van der Waals surface area (Å²) in [5, 5.41) is 14.1. The van der Waals surface area contributed by atoms with Gasteiger partial charge in [0.15, 0.2) is 0 Å². The van der Waals surface area contributed by atoms with Crippen LogP contribution in [0.1, 0.15) is 6.42 Å². The topological polar surface area (TPSA) is 102 Å². The molecular formula is C18H16ClN3O5. The molecule has 9 heteroatoms. The van der Waals surface area contributed by atoms with Gasteiger partial charge in [-0.2, -0.15) is 0 Å². The van der Waals surface area contributed by atoms with E-state index in [4.69, 9.17) is 16.3 Å². The van der Waals surface area contributed by atoms with E-state index < -0.39 is 16.7 Å². The van der Waals surface area contributed by atoms with E-state index in [1.807, 2.05) is 0 Å². The lowest BCUT2D eigenvalue weighted by molar-refractivity contribution is -0.384. The molecule has 1 aliphatic rings. The first kappa shape index (κ1) is 18.7. The maximum Gasteiger partial charge on any atom is 0.271 e. The van der Waals surface area contributed by atoms with Crippen molar-refractivity contribution in [1.29, 1.82) is 0 Å². The molecule has 3 rings (SSSR count). The van der Waals surface area contributed by atoms with E-state index in [0.717, 1.165) is 0 Å². The largest absolute Gasteiger partial charge is 0.495 e. The van der Waals surface area contributed by atoms with Crippen LogP contribution in [-0.4, -0.2) is 30.4 Å². The van der Waals surface area contributed by atoms with Gasteiger partial charge < -0.3 is 15.0 Å². The monoisotopic (exact) mass is 389 g/mol. The third-order valence-corrected chi connectivity index (χ3v) is 4.54. The lowest BCUT2D eigenvalue weighted by atomic mass is 10.1. The van der Waals surface area contributed by atoms with Gasteiger partial charge in [-0.25, -0.2) is 0 Å². The molecule has 0 aliphatic carbocycles. The SMILES string of the molecule is COc1ccc([N+](=O)[O-])cc1NC(=O)C1CC(=O)N(c2ccc(Cl)cc2)C1. The van der Waals surface area contributed by atoms with Gasteiger partial charge in [0.25, 0.3) is 5.69 Å². The molecule has 2 aromatic rings. The highest BCUT2D eigenvalue weighted by Gasteiger charge is 2.35. The highest BCUT2D eigenvalue weighted by molar-refractivity contribution is 6.30. The average molecular weight is 390 g/mol. The molecule has 27 heavy (non-hydrogen) atoms. The summed E-state index contributed by atoms with van der Waals surface area (Å²) in [7, 11) is 1.40. The van der Waals surface area contributed by atoms with Gasteiger partial charge >= 0.3 is 0 Å². The summed E-state index contributed by atoms with van der Waals surface area (Å²) >= 11 is 5.86. The average Bonchev–Trinajstić information content (AvgIpc) is 3.04. The lowest BCUT2D eigenvalue weighted by Crippen LogP contribution is -2.28. The van der Waals surface area contributed by atoms with Crippen molar-refractivity contribution >= 4 is 40.5 Å². The second-order valence-corrected chi connectivity index (χ2v) is 6.45. The Balaban J connectivity index is 1.75. The molecule has 1 atom stereocenters. The normalized spacial score (nSPS) is 16.3. The quantitative estimate of drug-likeness (QED) is 0.624. The Morgan fingerprint density at radius 2 is 2.00 bits per heavy atom. The number of halogens is 1. The minimum atomic E-state index is -0.586. The number of nitro benzene ring substituents is 1. The Bertz CT molecular complexity index is 900. The summed E-state index contributed by atoms with van der Waals surface area (Å²) in [6, 6.07) is 10.7. The van der Waals surface area contributed by atoms with Crippen LogP contribution in [0.25, 0.3) is 0 Å². The second-order valence-electron chi connectivity index (χ2n) is 6.01. The van der Waals surface area contributed by atoms with E-state index in [9.17, 15) is 19.7 Å². The van der Waals surface area contributed by atoms with E-state index >= 15 is 0 Å². The van der Waals surface area contributed by atoms with Crippen molar-refractivity contribution in [2.75, 3.05) is 23.9 Å². The second kappa shape index (κ2) is 7.63. The van der Waals surface area contributed by atoms with E-state index in [2.05, 4.69) is 5.32 Å². The number of hydrogen-bond donors (Lipinski definition) is 1. The molecule has 1 unspecified atom stereocenters. The number of ether oxygens (including phenoxy) is 1. The number of methoxy groups -OCH3 is 1. The highest BCUT2D eigenvalue weighted by atomic mass is 35.5. The van der Waals surface area contributed by atoms with Crippen LogP contribution >= 0.6 is 11.6 Å². The van der Waals surface area contributed by atoms with Gasteiger partial charge in [-0.15, -0.1) is 0 Å². The molecule has 0 saturated carbocycles. The number of hydrogen-bond acceptors (Lipinski definition) is 5. The zero-order valence-electron chi connectivity index (χ0n) is 14.3. The van der Waals surface area contributed by atoms with Crippen LogP contribution in [0, 0.1) is 16.0 Å². The number of nitrogens with zero attached hydrogens (tertiary/aromatic N) is 2. The summed E-state index contributed by atoms with van der Waals surface area (Å²) < 4.78 is 5.14. The van der Waals surface area contributed by atoms with Gasteiger partial charge in [0.1, 0.15) is 5.75 Å². The first-order valence-corrected chi connectivity index (χ1v) is 8.46. The van der Waals surface area contributed by atoms with Gasteiger partial charge in [-0.1, -0.05) is 11.6 Å². The van der Waals surface area contributed by atoms with Crippen molar-refractivity contribution in [2.24, 2.45) is 5.92 Å². The Kier molecular flexibility index (Phi) is 5.27. The highest BCUT2D eigenvalue weighted by Crippen LogP contribution is 2.31. The maximum atomic E-state index is 12.6. The molecule has 1 heterocycles. The van der Waals surface area contributed by atoms with Crippen LogP contribution in [0.5, 0.6) is 5.75 Å². The van der Waals surface area contributed by atoms with Gasteiger partial charge in [0.05, 0.1) is 23.6 Å². The molecule has 140 valence electrons. The minimum Gasteiger partial charge on any atom is -0.495 e. The zero-order valence-corrected chi connectivity index (χ0v) is 15.1. The van der Waals surface area contributed by atoms with Crippen LogP contribution in [0.4, 0.5) is 17.1 Å². The van der Waals surface area contributed by atoms with E-state index in [0.29, 0.717) is 16.5 Å². The van der Waals surface area contributed by atoms with E-state index in [1.165, 1.54) is 30.2 Å². The van der Waals surface area contributed by atoms with Crippen LogP contribution < -0.4 is 15.0 Å². The van der Waals surface area contributed by atoms with Gasteiger partial charge in [0.2, 0.25) is 11.8 Å². The summed E-state index contributed by atoms with van der Waals surface area (Å²) in [6.45, 7) is 0.212. The molecule has 1 aliphatic heterocycles. The van der Waals surface area contributed by atoms with Gasteiger partial charge in [0, 0.05) is 35.8 Å². The number of nitro groups is 1. The van der Waals surface area contributed by atoms with Gasteiger partial charge in [-0.3, -0.25) is 19.7 Å². The van der Waals surface area contributed by atoms with Crippen molar-refractivity contribution in [3.63, 3.8) is 0 Å². The third-order valence-electron chi connectivity index (χ3n) is 4.29. The molecule has 0 spiro atoms. The van der Waals surface area contributed by atoms with E-state index in [-0.39, 0.29) is 30.2 Å². The lowest BCUT2D eigenvalue weighted by Gasteiger charge is -2.17. The Hall–Kier alpha value is -3.13. The molecule has 2 aromatic carbocycles. The molecule has 1 saturated heterocycles. The number of amides is 2. The van der Waals surface area contributed by atoms with Crippen molar-refractivity contribution in [3.05, 3.63) is 57.6 Å². The number of anilines is 2. The number of rotatable bonds is 5. The summed E-state index contributed by atoms with van der Waals surface area (Å²) in [4.78, 5) is 36.8.